The van der Waals surface area contributed by atoms with Gasteiger partial charge in [0.2, 0.25) is 0 Å². The smallest absolute Gasteiger partial charge is 0.310 e. The molecule has 134 valence electrons. The predicted molar refractivity (Wildman–Crippen MR) is 96.9 cm³/mol. The summed E-state index contributed by atoms with van der Waals surface area (Å²) in [6.07, 6.45) is 1.80. The molecule has 1 atom stereocenters. The summed E-state index contributed by atoms with van der Waals surface area (Å²) in [6, 6.07) is 9.62. The number of hydrogen-bond acceptors (Lipinski definition) is 4. The Hall–Kier alpha value is -2.55. The van der Waals surface area contributed by atoms with Crippen LogP contribution in [0, 0.1) is 17.2 Å². The van der Waals surface area contributed by atoms with E-state index in [1.54, 1.807) is 6.07 Å². The molecule has 0 amide bonds. The van der Waals surface area contributed by atoms with Gasteiger partial charge in [0.05, 0.1) is 30.7 Å². The molecule has 1 aromatic carbocycles. The number of nitrogens with one attached hydrogen (secondary N) is 1. The number of carbonyl (C=O) groups is 1. The number of hydrogen-bond donors (Lipinski definition) is 1. The highest BCUT2D eigenvalue weighted by Crippen LogP contribution is 2.18. The van der Waals surface area contributed by atoms with Crippen LogP contribution < -0.4 is 5.32 Å². The van der Waals surface area contributed by atoms with Crippen molar-refractivity contribution in [3.8, 4) is 6.07 Å². The van der Waals surface area contributed by atoms with Gasteiger partial charge in [-0.05, 0) is 44.4 Å². The molecule has 25 heavy (non-hydrogen) atoms. The second kappa shape index (κ2) is 9.67. The second-order valence-corrected chi connectivity index (χ2v) is 6.02. The van der Waals surface area contributed by atoms with Crippen LogP contribution in [0.2, 0.25) is 0 Å². The molecule has 0 aliphatic carbocycles. The highest BCUT2D eigenvalue weighted by molar-refractivity contribution is 5.81. The summed E-state index contributed by atoms with van der Waals surface area (Å²) in [6.45, 7) is 7.04. The Morgan fingerprint density at radius 2 is 2.32 bits per heavy atom. The fourth-order valence-electron chi connectivity index (χ4n) is 2.95. The average Bonchev–Trinajstić information content (AvgIpc) is 2.65. The van der Waals surface area contributed by atoms with Crippen molar-refractivity contribution in [2.24, 2.45) is 10.9 Å². The van der Waals surface area contributed by atoms with Crippen LogP contribution in [0.3, 0.4) is 0 Å². The Morgan fingerprint density at radius 3 is 3.04 bits per heavy atom. The number of likely N-dealkylation sites (tertiary alicyclic amines) is 1. The fraction of sp³-hybridized carbons (Fsp3) is 0.526. The molecule has 1 aromatic rings. The van der Waals surface area contributed by atoms with Gasteiger partial charge in [0.25, 0.3) is 0 Å². The van der Waals surface area contributed by atoms with E-state index < -0.39 is 0 Å². The molecule has 1 saturated heterocycles. The van der Waals surface area contributed by atoms with Crippen molar-refractivity contribution in [2.75, 3.05) is 26.2 Å². The molecule has 6 nitrogen and oxygen atoms in total. The van der Waals surface area contributed by atoms with Crippen molar-refractivity contribution in [3.63, 3.8) is 0 Å². The molecule has 1 fully saturated rings. The van der Waals surface area contributed by atoms with E-state index in [9.17, 15) is 4.79 Å². The van der Waals surface area contributed by atoms with E-state index >= 15 is 0 Å². The zero-order chi connectivity index (χ0) is 18.1. The first-order chi connectivity index (χ1) is 12.2. The number of benzene rings is 1. The van der Waals surface area contributed by atoms with Gasteiger partial charge in [0, 0.05) is 19.6 Å². The van der Waals surface area contributed by atoms with Gasteiger partial charge in [0.1, 0.15) is 0 Å². The lowest BCUT2D eigenvalue weighted by molar-refractivity contribution is -0.149. The third-order valence-electron chi connectivity index (χ3n) is 4.14. The third-order valence-corrected chi connectivity index (χ3v) is 4.14. The molecule has 1 aliphatic heterocycles. The first-order valence-corrected chi connectivity index (χ1v) is 8.86. The molecule has 0 spiro atoms. The summed E-state index contributed by atoms with van der Waals surface area (Å²) in [4.78, 5) is 18.9. The maximum atomic E-state index is 12.0. The van der Waals surface area contributed by atoms with Gasteiger partial charge in [-0.25, -0.2) is 4.99 Å². The van der Waals surface area contributed by atoms with E-state index in [-0.39, 0.29) is 11.9 Å². The first kappa shape index (κ1) is 18.8. The molecule has 0 bridgehead atoms. The molecule has 1 heterocycles. The number of ether oxygens (including phenoxy) is 1. The lowest BCUT2D eigenvalue weighted by Crippen LogP contribution is -2.48. The zero-order valence-corrected chi connectivity index (χ0v) is 15.0. The maximum absolute atomic E-state index is 12.0. The zero-order valence-electron chi connectivity index (χ0n) is 15.0. The molecule has 1 unspecified atom stereocenters. The van der Waals surface area contributed by atoms with Crippen molar-refractivity contribution in [3.05, 3.63) is 35.4 Å². The summed E-state index contributed by atoms with van der Waals surface area (Å²) < 4.78 is 5.17. The Morgan fingerprint density at radius 1 is 1.48 bits per heavy atom. The predicted octanol–water partition coefficient (Wildman–Crippen LogP) is 2.30. The minimum absolute atomic E-state index is 0.0977. The fourth-order valence-corrected chi connectivity index (χ4v) is 2.95. The number of nitrogens with zero attached hydrogens (tertiary/aromatic N) is 3. The maximum Gasteiger partial charge on any atom is 0.310 e. The lowest BCUT2D eigenvalue weighted by atomic mass is 9.98. The average molecular weight is 342 g/mol. The van der Waals surface area contributed by atoms with Gasteiger partial charge in [-0.3, -0.25) is 4.79 Å². The summed E-state index contributed by atoms with van der Waals surface area (Å²) in [5.41, 5.74) is 1.63. The number of esters is 1. The Kier molecular flexibility index (Phi) is 7.27. The van der Waals surface area contributed by atoms with Crippen molar-refractivity contribution in [1.82, 2.24) is 10.2 Å². The van der Waals surface area contributed by atoms with Gasteiger partial charge < -0.3 is 15.0 Å². The van der Waals surface area contributed by atoms with Crippen LogP contribution in [0.5, 0.6) is 0 Å². The van der Waals surface area contributed by atoms with Gasteiger partial charge in [-0.1, -0.05) is 12.1 Å². The van der Waals surface area contributed by atoms with Gasteiger partial charge in [-0.15, -0.1) is 0 Å². The van der Waals surface area contributed by atoms with Crippen LogP contribution in [0.15, 0.2) is 29.3 Å². The first-order valence-electron chi connectivity index (χ1n) is 8.86. The van der Waals surface area contributed by atoms with Crippen LogP contribution in [0.25, 0.3) is 0 Å². The molecule has 0 saturated carbocycles. The SMILES string of the molecule is CCNC(=NCc1cccc(C#N)c1)N1CCCC(C(=O)OCC)C1. The van der Waals surface area contributed by atoms with Crippen LogP contribution >= 0.6 is 0 Å². The molecular weight excluding hydrogens is 316 g/mol. The Balaban J connectivity index is 2.07. The molecule has 0 radical (unpaired) electrons. The lowest BCUT2D eigenvalue weighted by Gasteiger charge is -2.34. The molecule has 6 heteroatoms. The summed E-state index contributed by atoms with van der Waals surface area (Å²) in [5, 5.41) is 12.3. The molecule has 2 rings (SSSR count). The van der Waals surface area contributed by atoms with E-state index in [0.29, 0.717) is 25.3 Å². The largest absolute Gasteiger partial charge is 0.466 e. The van der Waals surface area contributed by atoms with Gasteiger partial charge in [-0.2, -0.15) is 5.26 Å². The highest BCUT2D eigenvalue weighted by atomic mass is 16.5. The number of rotatable bonds is 5. The molecule has 0 aromatic heterocycles. The standard InChI is InChI=1S/C19H26N4O2/c1-3-21-19(22-13-16-8-5-7-15(11-16)12-20)23-10-6-9-17(14-23)18(24)25-4-2/h5,7-8,11,17H,3-4,6,9-10,13-14H2,1-2H3,(H,21,22). The van der Waals surface area contributed by atoms with E-state index in [2.05, 4.69) is 16.3 Å². The van der Waals surface area contributed by atoms with E-state index in [1.807, 2.05) is 32.0 Å². The third kappa shape index (κ3) is 5.49. The minimum atomic E-state index is -0.121. The minimum Gasteiger partial charge on any atom is -0.466 e. The number of piperidine rings is 1. The van der Waals surface area contributed by atoms with Crippen molar-refractivity contribution in [2.45, 2.75) is 33.2 Å². The number of aliphatic imine (C=N–C) groups is 1. The normalized spacial score (nSPS) is 17.7. The van der Waals surface area contributed by atoms with Crippen LogP contribution in [0.1, 0.15) is 37.8 Å². The highest BCUT2D eigenvalue weighted by Gasteiger charge is 2.28. The van der Waals surface area contributed by atoms with Crippen molar-refractivity contribution in [1.29, 1.82) is 5.26 Å². The van der Waals surface area contributed by atoms with Crippen LogP contribution in [-0.2, 0) is 16.1 Å². The topological polar surface area (TPSA) is 77.7 Å². The van der Waals surface area contributed by atoms with Gasteiger partial charge in [0.15, 0.2) is 5.96 Å². The molecule has 1 N–H and O–H groups in total. The monoisotopic (exact) mass is 342 g/mol. The van der Waals surface area contributed by atoms with Crippen LogP contribution in [-0.4, -0.2) is 43.1 Å². The number of carbonyl (C=O) groups excluding carboxylic acids is 1. The number of nitriles is 1. The Bertz CT molecular complexity index is 651. The quantitative estimate of drug-likeness (QED) is 0.505. The summed E-state index contributed by atoms with van der Waals surface area (Å²) in [7, 11) is 0. The van der Waals surface area contributed by atoms with Crippen LogP contribution in [0.4, 0.5) is 0 Å². The second-order valence-electron chi connectivity index (χ2n) is 6.02. The summed E-state index contributed by atoms with van der Waals surface area (Å²) >= 11 is 0. The Labute approximate surface area is 149 Å². The van der Waals surface area contributed by atoms with Gasteiger partial charge >= 0.3 is 5.97 Å². The summed E-state index contributed by atoms with van der Waals surface area (Å²) in [5.74, 6) is 0.586. The van der Waals surface area contributed by atoms with E-state index in [4.69, 9.17) is 15.0 Å². The van der Waals surface area contributed by atoms with Crippen molar-refractivity contribution < 1.29 is 9.53 Å². The van der Waals surface area contributed by atoms with E-state index in [1.165, 1.54) is 0 Å². The van der Waals surface area contributed by atoms with Crippen molar-refractivity contribution >= 4 is 11.9 Å². The molecule has 1 aliphatic rings. The molecular formula is C19H26N4O2. The number of guanidine groups is 1. The van der Waals surface area contributed by atoms with E-state index in [0.717, 1.165) is 37.5 Å².